The number of carbonyl (C=O) groups excluding carboxylic acids is 1. The van der Waals surface area contributed by atoms with Crippen molar-refractivity contribution >= 4 is 23.3 Å². The SMILES string of the molecule is NC(=S)NCC(=O)[O-].[K+]. The van der Waals surface area contributed by atoms with Crippen molar-refractivity contribution < 1.29 is 61.3 Å². The Bertz CT molecular complexity index is 104. The number of nitrogens with two attached hydrogens (primary N) is 1. The molecule has 3 N–H and O–H groups in total. The van der Waals surface area contributed by atoms with Gasteiger partial charge in [-0.3, -0.25) is 0 Å². The van der Waals surface area contributed by atoms with Gasteiger partial charge in [-0.15, -0.1) is 0 Å². The molecule has 6 heteroatoms. The van der Waals surface area contributed by atoms with E-state index in [1.807, 2.05) is 0 Å². The minimum atomic E-state index is -1.22. The molecule has 0 aromatic carbocycles. The van der Waals surface area contributed by atoms with Crippen molar-refractivity contribution in [1.82, 2.24) is 5.32 Å². The van der Waals surface area contributed by atoms with Gasteiger partial charge in [0.1, 0.15) is 0 Å². The van der Waals surface area contributed by atoms with E-state index in [1.165, 1.54) is 0 Å². The third-order valence-electron chi connectivity index (χ3n) is 0.407. The van der Waals surface area contributed by atoms with Crippen LogP contribution in [0.4, 0.5) is 0 Å². The summed E-state index contributed by atoms with van der Waals surface area (Å²) in [6, 6.07) is 0. The van der Waals surface area contributed by atoms with Gasteiger partial charge in [0.05, 0.1) is 12.5 Å². The third kappa shape index (κ3) is 12.1. The predicted octanol–water partition coefficient (Wildman–Crippen LogP) is -5.43. The quantitative estimate of drug-likeness (QED) is 0.321. The minimum absolute atomic E-state index is 0. The van der Waals surface area contributed by atoms with E-state index < -0.39 is 5.97 Å². The summed E-state index contributed by atoms with van der Waals surface area (Å²) < 4.78 is 0. The van der Waals surface area contributed by atoms with E-state index in [4.69, 9.17) is 5.73 Å². The molecule has 46 valence electrons. The van der Waals surface area contributed by atoms with Crippen molar-refractivity contribution in [3.05, 3.63) is 0 Å². The number of rotatable bonds is 2. The molecule has 0 aliphatic carbocycles. The van der Waals surface area contributed by atoms with E-state index in [2.05, 4.69) is 17.5 Å². The molecule has 0 bridgehead atoms. The normalized spacial score (nSPS) is 7.11. The average molecular weight is 172 g/mol. The number of hydrogen-bond donors (Lipinski definition) is 2. The van der Waals surface area contributed by atoms with E-state index in [9.17, 15) is 9.90 Å². The van der Waals surface area contributed by atoms with Crippen molar-refractivity contribution in [3.63, 3.8) is 0 Å². The van der Waals surface area contributed by atoms with Gasteiger partial charge in [0.15, 0.2) is 5.11 Å². The number of carboxylic acids is 1. The van der Waals surface area contributed by atoms with Crippen LogP contribution < -0.4 is 67.5 Å². The van der Waals surface area contributed by atoms with E-state index in [0.29, 0.717) is 0 Å². The monoisotopic (exact) mass is 172 g/mol. The molecule has 9 heavy (non-hydrogen) atoms. The molecule has 0 spiro atoms. The van der Waals surface area contributed by atoms with Crippen LogP contribution >= 0.6 is 12.2 Å². The molecule has 0 aromatic heterocycles. The zero-order chi connectivity index (χ0) is 6.57. The molecule has 0 saturated carbocycles. The fourth-order valence-corrected chi connectivity index (χ4v) is 0.231. The first kappa shape index (κ1) is 12.5. The van der Waals surface area contributed by atoms with E-state index in [-0.39, 0.29) is 63.0 Å². The van der Waals surface area contributed by atoms with Gasteiger partial charge < -0.3 is 21.0 Å². The van der Waals surface area contributed by atoms with Crippen LogP contribution in [0.25, 0.3) is 0 Å². The number of carbonyl (C=O) groups is 1. The summed E-state index contributed by atoms with van der Waals surface area (Å²) in [5, 5.41) is 11.8. The van der Waals surface area contributed by atoms with Crippen LogP contribution in [-0.4, -0.2) is 17.6 Å². The number of hydrogen-bond acceptors (Lipinski definition) is 3. The van der Waals surface area contributed by atoms with Crippen molar-refractivity contribution in [1.29, 1.82) is 0 Å². The second-order valence-electron chi connectivity index (χ2n) is 1.09. The minimum Gasteiger partial charge on any atom is -0.548 e. The molecule has 0 fully saturated rings. The Labute approximate surface area is 101 Å². The maximum atomic E-state index is 9.61. The van der Waals surface area contributed by atoms with Gasteiger partial charge in [0, 0.05) is 0 Å². The van der Waals surface area contributed by atoms with Crippen molar-refractivity contribution in [2.24, 2.45) is 5.73 Å². The van der Waals surface area contributed by atoms with Crippen LogP contribution in [0.15, 0.2) is 0 Å². The summed E-state index contributed by atoms with van der Waals surface area (Å²) in [5.74, 6) is -1.22. The second kappa shape index (κ2) is 6.91. The first-order valence-electron chi connectivity index (χ1n) is 1.86. The van der Waals surface area contributed by atoms with Crippen LogP contribution in [0.1, 0.15) is 0 Å². The van der Waals surface area contributed by atoms with E-state index >= 15 is 0 Å². The number of thiocarbonyl (C=S) groups is 1. The van der Waals surface area contributed by atoms with Crippen LogP contribution in [0, 0.1) is 0 Å². The van der Waals surface area contributed by atoms with Gasteiger partial charge in [0.2, 0.25) is 0 Å². The fourth-order valence-electron chi connectivity index (χ4n) is 0.159. The molecular formula is C3H5KN2O2S. The summed E-state index contributed by atoms with van der Waals surface area (Å²) in [6.45, 7) is -0.324. The topological polar surface area (TPSA) is 78.2 Å². The Hall–Kier alpha value is 0.796. The van der Waals surface area contributed by atoms with E-state index in [0.717, 1.165) is 0 Å². The summed E-state index contributed by atoms with van der Waals surface area (Å²) in [6.07, 6.45) is 0. The molecule has 0 aliphatic rings. The number of aliphatic carboxylic acids is 1. The summed E-state index contributed by atoms with van der Waals surface area (Å²) >= 11 is 4.29. The second-order valence-corrected chi connectivity index (χ2v) is 1.53. The van der Waals surface area contributed by atoms with Crippen LogP contribution in [0.5, 0.6) is 0 Å². The molecule has 0 aliphatic heterocycles. The van der Waals surface area contributed by atoms with E-state index in [1.54, 1.807) is 0 Å². The van der Waals surface area contributed by atoms with Gasteiger partial charge >= 0.3 is 51.4 Å². The zero-order valence-corrected chi connectivity index (χ0v) is 8.95. The molecule has 0 aromatic rings. The van der Waals surface area contributed by atoms with Crippen LogP contribution in [0.2, 0.25) is 0 Å². The molecule has 0 amide bonds. The van der Waals surface area contributed by atoms with Gasteiger partial charge in [-0.05, 0) is 12.2 Å². The Morgan fingerprint density at radius 3 is 2.33 bits per heavy atom. The summed E-state index contributed by atoms with van der Waals surface area (Å²) in [7, 11) is 0. The van der Waals surface area contributed by atoms with Gasteiger partial charge in [-0.2, -0.15) is 0 Å². The Balaban J connectivity index is 0. The standard InChI is InChI=1S/C3H6N2O2S.K/c4-3(8)5-1-2(6)7;/h1H2,(H,6,7)(H3,4,5,8);/q;+1/p-1. The molecule has 4 nitrogen and oxygen atoms in total. The predicted molar refractivity (Wildman–Crippen MR) is 29.8 cm³/mol. The van der Waals surface area contributed by atoms with Crippen molar-refractivity contribution in [3.8, 4) is 0 Å². The molecule has 0 heterocycles. The molecule has 0 atom stereocenters. The number of carboxylic acid groups (broad SMARTS) is 1. The summed E-state index contributed by atoms with van der Waals surface area (Å²) in [5.41, 5.74) is 4.87. The average Bonchev–Trinajstić information content (AvgIpc) is 1.61. The molecule has 0 unspecified atom stereocenters. The first-order valence-corrected chi connectivity index (χ1v) is 2.27. The van der Waals surface area contributed by atoms with Crippen molar-refractivity contribution in [2.75, 3.05) is 6.54 Å². The van der Waals surface area contributed by atoms with Gasteiger partial charge in [-0.25, -0.2) is 0 Å². The van der Waals surface area contributed by atoms with Crippen LogP contribution in [0.3, 0.4) is 0 Å². The largest absolute Gasteiger partial charge is 1.00 e. The maximum absolute atomic E-state index is 9.61. The maximum Gasteiger partial charge on any atom is 1.00 e. The molecule has 0 rings (SSSR count). The smallest absolute Gasteiger partial charge is 0.548 e. The Morgan fingerprint density at radius 2 is 2.22 bits per heavy atom. The summed E-state index contributed by atoms with van der Waals surface area (Å²) in [4.78, 5) is 9.61. The number of nitrogens with one attached hydrogen (secondary N) is 1. The molecule has 0 radical (unpaired) electrons. The third-order valence-corrected chi connectivity index (χ3v) is 0.551. The van der Waals surface area contributed by atoms with Gasteiger partial charge in [0.25, 0.3) is 0 Å². The Kier molecular flexibility index (Phi) is 9.57. The zero-order valence-electron chi connectivity index (χ0n) is 5.01. The van der Waals surface area contributed by atoms with Crippen molar-refractivity contribution in [2.45, 2.75) is 0 Å². The fraction of sp³-hybridized carbons (Fsp3) is 0.333. The Morgan fingerprint density at radius 1 is 1.78 bits per heavy atom. The molecular weight excluding hydrogens is 167 g/mol. The first-order chi connectivity index (χ1) is 3.63. The molecule has 0 saturated heterocycles. The van der Waals surface area contributed by atoms with Crippen LogP contribution in [-0.2, 0) is 4.79 Å². The van der Waals surface area contributed by atoms with Gasteiger partial charge in [-0.1, -0.05) is 0 Å².